The molecule has 1 N–H and O–H groups in total. The fourth-order valence-corrected chi connectivity index (χ4v) is 3.04. The predicted molar refractivity (Wildman–Crippen MR) is 79.6 cm³/mol. The molecule has 2 atom stereocenters. The number of nitrogens with zero attached hydrogens (tertiary/aromatic N) is 3. The van der Waals surface area contributed by atoms with Crippen molar-refractivity contribution in [3.8, 4) is 0 Å². The summed E-state index contributed by atoms with van der Waals surface area (Å²) in [5.41, 5.74) is 0. The van der Waals surface area contributed by atoms with Crippen LogP contribution in [0, 0.1) is 12.8 Å². The van der Waals surface area contributed by atoms with Crippen LogP contribution in [0.25, 0.3) is 0 Å². The van der Waals surface area contributed by atoms with E-state index in [2.05, 4.69) is 41.1 Å². The van der Waals surface area contributed by atoms with Gasteiger partial charge in [-0.15, -0.1) is 0 Å². The van der Waals surface area contributed by atoms with Crippen LogP contribution in [0.5, 0.6) is 0 Å². The van der Waals surface area contributed by atoms with Gasteiger partial charge in [-0.2, -0.15) is 4.98 Å². The maximum Gasteiger partial charge on any atom is 0.227 e. The van der Waals surface area contributed by atoms with Gasteiger partial charge in [-0.3, -0.25) is 4.90 Å². The molecule has 1 aromatic rings. The zero-order chi connectivity index (χ0) is 14.5. The van der Waals surface area contributed by atoms with E-state index >= 15 is 0 Å². The summed E-state index contributed by atoms with van der Waals surface area (Å²) in [4.78, 5) is 6.90. The summed E-state index contributed by atoms with van der Waals surface area (Å²) in [5, 5.41) is 7.55. The Balaban J connectivity index is 1.92. The molecule has 5 heteroatoms. The van der Waals surface area contributed by atoms with Crippen molar-refractivity contribution in [3.05, 3.63) is 11.7 Å². The molecule has 1 fully saturated rings. The lowest BCUT2D eigenvalue weighted by molar-refractivity contribution is 0.0944. The van der Waals surface area contributed by atoms with E-state index in [4.69, 9.17) is 4.52 Å². The third-order valence-electron chi connectivity index (χ3n) is 4.13. The maximum atomic E-state index is 5.22. The minimum Gasteiger partial charge on any atom is -0.339 e. The fourth-order valence-electron chi connectivity index (χ4n) is 3.04. The smallest absolute Gasteiger partial charge is 0.227 e. The lowest BCUT2D eigenvalue weighted by Gasteiger charge is -2.42. The molecule has 1 aliphatic rings. The first-order chi connectivity index (χ1) is 9.60. The first-order valence-electron chi connectivity index (χ1n) is 7.86. The molecule has 2 unspecified atom stereocenters. The Morgan fingerprint density at radius 1 is 1.45 bits per heavy atom. The Morgan fingerprint density at radius 3 is 2.85 bits per heavy atom. The number of nitrogens with one attached hydrogen (secondary N) is 1. The Kier molecular flexibility index (Phi) is 5.54. The van der Waals surface area contributed by atoms with E-state index in [0.717, 1.165) is 37.8 Å². The molecular weight excluding hydrogens is 252 g/mol. The molecule has 114 valence electrons. The zero-order valence-electron chi connectivity index (χ0n) is 13.2. The van der Waals surface area contributed by atoms with Crippen LogP contribution >= 0.6 is 0 Å². The number of aromatic nitrogens is 2. The van der Waals surface area contributed by atoms with Crippen LogP contribution < -0.4 is 5.32 Å². The molecule has 5 nitrogen and oxygen atoms in total. The summed E-state index contributed by atoms with van der Waals surface area (Å²) in [7, 11) is 0. The predicted octanol–water partition coefficient (Wildman–Crippen LogP) is 2.02. The minimum atomic E-state index is 0.604. The molecule has 0 aliphatic carbocycles. The molecule has 0 saturated carbocycles. The summed E-state index contributed by atoms with van der Waals surface area (Å²) >= 11 is 0. The first kappa shape index (κ1) is 15.4. The van der Waals surface area contributed by atoms with Gasteiger partial charge in [0, 0.05) is 38.1 Å². The van der Waals surface area contributed by atoms with Gasteiger partial charge >= 0.3 is 0 Å². The minimum absolute atomic E-state index is 0.604. The second-order valence-electron chi connectivity index (χ2n) is 6.19. The highest BCUT2D eigenvalue weighted by Gasteiger charge is 2.29. The topological polar surface area (TPSA) is 54.2 Å². The average Bonchev–Trinajstić information content (AvgIpc) is 2.82. The Bertz CT molecular complexity index is 404. The van der Waals surface area contributed by atoms with Crippen LogP contribution in [-0.2, 0) is 6.42 Å². The molecule has 2 rings (SSSR count). The van der Waals surface area contributed by atoms with Gasteiger partial charge in [0.1, 0.15) is 0 Å². The van der Waals surface area contributed by atoms with E-state index in [1.807, 2.05) is 6.92 Å². The SMILES string of the molecule is CCCC1CN(CCc2nc(C)no2)C(C(C)C)CN1. The highest BCUT2D eigenvalue weighted by molar-refractivity contribution is 4.90. The van der Waals surface area contributed by atoms with Crippen molar-refractivity contribution in [2.24, 2.45) is 5.92 Å². The number of hydrogen-bond acceptors (Lipinski definition) is 5. The largest absolute Gasteiger partial charge is 0.339 e. The molecule has 2 heterocycles. The van der Waals surface area contributed by atoms with E-state index in [9.17, 15) is 0 Å². The second kappa shape index (κ2) is 7.18. The molecule has 1 aromatic heterocycles. The standard InChI is InChI=1S/C15H28N4O/c1-5-6-13-10-19(14(9-16-13)11(2)3)8-7-15-17-12(4)18-20-15/h11,13-14,16H,5-10H2,1-4H3. The van der Waals surface area contributed by atoms with Crippen LogP contribution in [0.3, 0.4) is 0 Å². The number of aryl methyl sites for hydroxylation is 1. The molecular formula is C15H28N4O. The Hall–Kier alpha value is -0.940. The summed E-state index contributed by atoms with van der Waals surface area (Å²) in [6.07, 6.45) is 3.34. The number of rotatable bonds is 6. The van der Waals surface area contributed by atoms with Crippen molar-refractivity contribution in [1.82, 2.24) is 20.4 Å². The molecule has 0 aromatic carbocycles. The van der Waals surface area contributed by atoms with E-state index in [0.29, 0.717) is 18.0 Å². The zero-order valence-corrected chi connectivity index (χ0v) is 13.2. The van der Waals surface area contributed by atoms with Gasteiger partial charge in [0.15, 0.2) is 5.82 Å². The van der Waals surface area contributed by atoms with Crippen molar-refractivity contribution in [2.75, 3.05) is 19.6 Å². The Labute approximate surface area is 122 Å². The molecule has 0 bridgehead atoms. The van der Waals surface area contributed by atoms with Gasteiger partial charge in [0.05, 0.1) is 0 Å². The highest BCUT2D eigenvalue weighted by atomic mass is 16.5. The lowest BCUT2D eigenvalue weighted by Crippen LogP contribution is -2.58. The van der Waals surface area contributed by atoms with Crippen LogP contribution in [0.4, 0.5) is 0 Å². The van der Waals surface area contributed by atoms with Crippen molar-refractivity contribution < 1.29 is 4.52 Å². The van der Waals surface area contributed by atoms with Gasteiger partial charge in [0.2, 0.25) is 5.89 Å². The van der Waals surface area contributed by atoms with Crippen molar-refractivity contribution in [3.63, 3.8) is 0 Å². The monoisotopic (exact) mass is 280 g/mol. The molecule has 0 radical (unpaired) electrons. The molecule has 20 heavy (non-hydrogen) atoms. The fraction of sp³-hybridized carbons (Fsp3) is 0.867. The summed E-state index contributed by atoms with van der Waals surface area (Å²) in [6, 6.07) is 1.23. The summed E-state index contributed by atoms with van der Waals surface area (Å²) < 4.78 is 5.22. The van der Waals surface area contributed by atoms with Crippen LogP contribution in [0.15, 0.2) is 4.52 Å². The number of hydrogen-bond donors (Lipinski definition) is 1. The number of piperazine rings is 1. The Morgan fingerprint density at radius 2 is 2.25 bits per heavy atom. The van der Waals surface area contributed by atoms with Crippen LogP contribution in [0.1, 0.15) is 45.3 Å². The van der Waals surface area contributed by atoms with Crippen LogP contribution in [0.2, 0.25) is 0 Å². The van der Waals surface area contributed by atoms with Gasteiger partial charge < -0.3 is 9.84 Å². The molecule has 1 saturated heterocycles. The lowest BCUT2D eigenvalue weighted by atomic mass is 9.97. The summed E-state index contributed by atoms with van der Waals surface area (Å²) in [5.74, 6) is 2.15. The quantitative estimate of drug-likeness (QED) is 0.864. The maximum absolute atomic E-state index is 5.22. The summed E-state index contributed by atoms with van der Waals surface area (Å²) in [6.45, 7) is 11.9. The molecule has 0 spiro atoms. The van der Waals surface area contributed by atoms with Crippen molar-refractivity contribution in [2.45, 2.75) is 59.0 Å². The first-order valence-corrected chi connectivity index (χ1v) is 7.86. The molecule has 0 amide bonds. The van der Waals surface area contributed by atoms with E-state index in [1.165, 1.54) is 12.8 Å². The van der Waals surface area contributed by atoms with Gasteiger partial charge in [0.25, 0.3) is 0 Å². The van der Waals surface area contributed by atoms with Crippen molar-refractivity contribution in [1.29, 1.82) is 0 Å². The van der Waals surface area contributed by atoms with E-state index in [-0.39, 0.29) is 0 Å². The average molecular weight is 280 g/mol. The van der Waals surface area contributed by atoms with E-state index < -0.39 is 0 Å². The van der Waals surface area contributed by atoms with Crippen LogP contribution in [-0.4, -0.2) is 46.8 Å². The third-order valence-corrected chi connectivity index (χ3v) is 4.13. The van der Waals surface area contributed by atoms with E-state index in [1.54, 1.807) is 0 Å². The molecule has 1 aliphatic heterocycles. The van der Waals surface area contributed by atoms with Gasteiger partial charge in [-0.1, -0.05) is 32.3 Å². The van der Waals surface area contributed by atoms with Gasteiger partial charge in [-0.25, -0.2) is 0 Å². The van der Waals surface area contributed by atoms with Gasteiger partial charge in [-0.05, 0) is 19.3 Å². The normalized spacial score (nSPS) is 24.4. The van der Waals surface area contributed by atoms with Crippen molar-refractivity contribution >= 4 is 0 Å². The second-order valence-corrected chi connectivity index (χ2v) is 6.19. The highest BCUT2D eigenvalue weighted by Crippen LogP contribution is 2.17. The third kappa shape index (κ3) is 4.03.